The molecular weight excluding hydrogens is 154 g/mol. The first kappa shape index (κ1) is 10.8. The van der Waals surface area contributed by atoms with Crippen LogP contribution < -0.4 is 0 Å². The van der Waals surface area contributed by atoms with Crippen LogP contribution in [0.15, 0.2) is 0 Å². The highest BCUT2D eigenvalue weighted by Gasteiger charge is 2.20. The van der Waals surface area contributed by atoms with Gasteiger partial charge in [0, 0.05) is 13.5 Å². The van der Waals surface area contributed by atoms with Crippen molar-refractivity contribution < 1.29 is 18.3 Å². The Bertz CT molecular complexity index is 90.9. The van der Waals surface area contributed by atoms with Gasteiger partial charge in [-0.05, 0) is 6.92 Å². The average molecular weight is 168 g/mol. The van der Waals surface area contributed by atoms with Gasteiger partial charge in [0.05, 0.1) is 13.2 Å². The Labute approximate surface area is 65.5 Å². The number of hydrogen-bond acceptors (Lipinski definition) is 2. The van der Waals surface area contributed by atoms with E-state index < -0.39 is 12.5 Å². The first-order chi connectivity index (χ1) is 5.06. The lowest BCUT2D eigenvalue weighted by atomic mass is 10.4. The van der Waals surface area contributed by atoms with Gasteiger partial charge >= 0.3 is 0 Å². The molecule has 0 heterocycles. The maximum atomic E-state index is 12.1. The van der Waals surface area contributed by atoms with Gasteiger partial charge in [0.1, 0.15) is 6.61 Å². The quantitative estimate of drug-likeness (QED) is 0.562. The molecule has 0 atom stereocenters. The summed E-state index contributed by atoms with van der Waals surface area (Å²) in [5.41, 5.74) is 0. The SMILES string of the molecule is CCOCCOCC(C)(F)F. The molecule has 11 heavy (non-hydrogen) atoms. The first-order valence-electron chi connectivity index (χ1n) is 3.59. The van der Waals surface area contributed by atoms with Crippen molar-refractivity contribution in [1.29, 1.82) is 0 Å². The average Bonchev–Trinajstić information content (AvgIpc) is 1.85. The van der Waals surface area contributed by atoms with Crippen LogP contribution in [-0.2, 0) is 9.47 Å². The molecule has 0 bridgehead atoms. The van der Waals surface area contributed by atoms with Crippen molar-refractivity contribution in [1.82, 2.24) is 0 Å². The fourth-order valence-corrected chi connectivity index (χ4v) is 0.514. The van der Waals surface area contributed by atoms with E-state index in [1.165, 1.54) is 0 Å². The largest absolute Gasteiger partial charge is 0.379 e. The molecule has 0 aromatic carbocycles. The molecule has 0 N–H and O–H groups in total. The van der Waals surface area contributed by atoms with Crippen molar-refractivity contribution in [3.05, 3.63) is 0 Å². The third kappa shape index (κ3) is 9.78. The lowest BCUT2D eigenvalue weighted by Crippen LogP contribution is -2.20. The van der Waals surface area contributed by atoms with Crippen LogP contribution >= 0.6 is 0 Å². The Morgan fingerprint density at radius 1 is 1.18 bits per heavy atom. The Morgan fingerprint density at radius 2 is 1.73 bits per heavy atom. The minimum atomic E-state index is -2.73. The van der Waals surface area contributed by atoms with Gasteiger partial charge < -0.3 is 9.47 Å². The smallest absolute Gasteiger partial charge is 0.268 e. The van der Waals surface area contributed by atoms with Crippen LogP contribution in [0.5, 0.6) is 0 Å². The van der Waals surface area contributed by atoms with Gasteiger partial charge in [-0.25, -0.2) is 8.78 Å². The second kappa shape index (κ2) is 5.43. The number of rotatable bonds is 6. The summed E-state index contributed by atoms with van der Waals surface area (Å²) in [6.07, 6.45) is 0. The Morgan fingerprint density at radius 3 is 2.18 bits per heavy atom. The van der Waals surface area contributed by atoms with E-state index in [0.717, 1.165) is 6.92 Å². The van der Waals surface area contributed by atoms with Crippen LogP contribution in [0.4, 0.5) is 8.78 Å². The monoisotopic (exact) mass is 168 g/mol. The zero-order valence-corrected chi connectivity index (χ0v) is 6.90. The fraction of sp³-hybridized carbons (Fsp3) is 1.00. The van der Waals surface area contributed by atoms with Gasteiger partial charge in [-0.15, -0.1) is 0 Å². The molecule has 0 saturated heterocycles. The summed E-state index contributed by atoms with van der Waals surface area (Å²) in [5, 5.41) is 0. The van der Waals surface area contributed by atoms with E-state index in [-0.39, 0.29) is 6.61 Å². The maximum absolute atomic E-state index is 12.1. The van der Waals surface area contributed by atoms with Gasteiger partial charge in [-0.3, -0.25) is 0 Å². The van der Waals surface area contributed by atoms with Crippen LogP contribution in [0.25, 0.3) is 0 Å². The molecule has 0 aliphatic carbocycles. The molecule has 0 radical (unpaired) electrons. The topological polar surface area (TPSA) is 18.5 Å². The minimum absolute atomic E-state index is 0.233. The van der Waals surface area contributed by atoms with Crippen molar-refractivity contribution in [2.75, 3.05) is 26.4 Å². The molecule has 2 nitrogen and oxygen atoms in total. The van der Waals surface area contributed by atoms with Gasteiger partial charge in [0.2, 0.25) is 0 Å². The highest BCUT2D eigenvalue weighted by Crippen LogP contribution is 2.10. The van der Waals surface area contributed by atoms with E-state index in [4.69, 9.17) is 4.74 Å². The van der Waals surface area contributed by atoms with Gasteiger partial charge in [-0.2, -0.15) is 0 Å². The predicted octanol–water partition coefficient (Wildman–Crippen LogP) is 1.69. The molecule has 0 amide bonds. The zero-order chi connectivity index (χ0) is 8.74. The van der Waals surface area contributed by atoms with Gasteiger partial charge in [-0.1, -0.05) is 0 Å². The van der Waals surface area contributed by atoms with Crippen molar-refractivity contribution in [2.24, 2.45) is 0 Å². The molecule has 0 aliphatic heterocycles. The van der Waals surface area contributed by atoms with Crippen molar-refractivity contribution in [2.45, 2.75) is 19.8 Å². The summed E-state index contributed by atoms with van der Waals surface area (Å²) in [7, 11) is 0. The fourth-order valence-electron chi connectivity index (χ4n) is 0.514. The molecule has 0 saturated carbocycles. The summed E-state index contributed by atoms with van der Waals surface area (Å²) < 4.78 is 33.6. The number of alkyl halides is 2. The Balaban J connectivity index is 3.02. The van der Waals surface area contributed by atoms with Crippen LogP contribution in [0, 0.1) is 0 Å². The van der Waals surface area contributed by atoms with E-state index >= 15 is 0 Å². The molecule has 0 unspecified atom stereocenters. The standard InChI is InChI=1S/C7H14F2O2/c1-3-10-4-5-11-6-7(2,8)9/h3-6H2,1-2H3. The molecule has 0 aliphatic rings. The number of halogens is 2. The lowest BCUT2D eigenvalue weighted by molar-refractivity contribution is -0.0718. The van der Waals surface area contributed by atoms with Crippen LogP contribution in [0.1, 0.15) is 13.8 Å². The third-order valence-electron chi connectivity index (χ3n) is 0.932. The molecular formula is C7H14F2O2. The maximum Gasteiger partial charge on any atom is 0.268 e. The third-order valence-corrected chi connectivity index (χ3v) is 0.932. The lowest BCUT2D eigenvalue weighted by Gasteiger charge is -2.10. The summed E-state index contributed by atoms with van der Waals surface area (Å²) in [6, 6.07) is 0. The van der Waals surface area contributed by atoms with Crippen molar-refractivity contribution in [3.63, 3.8) is 0 Å². The van der Waals surface area contributed by atoms with Gasteiger partial charge in [0.15, 0.2) is 0 Å². The van der Waals surface area contributed by atoms with Crippen LogP contribution in [-0.4, -0.2) is 32.4 Å². The second-order valence-corrected chi connectivity index (χ2v) is 2.32. The summed E-state index contributed by atoms with van der Waals surface area (Å²) in [5.74, 6) is -2.73. The van der Waals surface area contributed by atoms with Gasteiger partial charge in [0.25, 0.3) is 5.92 Å². The molecule has 68 valence electrons. The second-order valence-electron chi connectivity index (χ2n) is 2.32. The summed E-state index contributed by atoms with van der Waals surface area (Å²) >= 11 is 0. The van der Waals surface area contributed by atoms with Crippen molar-refractivity contribution in [3.8, 4) is 0 Å². The molecule has 0 aromatic heterocycles. The molecule has 0 fully saturated rings. The molecule has 4 heteroatoms. The first-order valence-corrected chi connectivity index (χ1v) is 3.59. The number of ether oxygens (including phenoxy) is 2. The molecule has 0 aromatic rings. The highest BCUT2D eigenvalue weighted by atomic mass is 19.3. The summed E-state index contributed by atoms with van der Waals surface area (Å²) in [6.45, 7) is 3.35. The van der Waals surface area contributed by atoms with Crippen molar-refractivity contribution >= 4 is 0 Å². The normalized spacial score (nSPS) is 12.0. The minimum Gasteiger partial charge on any atom is -0.379 e. The van der Waals surface area contributed by atoms with Crippen LogP contribution in [0.3, 0.4) is 0 Å². The van der Waals surface area contributed by atoms with E-state index in [1.807, 2.05) is 6.92 Å². The summed E-state index contributed by atoms with van der Waals surface area (Å²) in [4.78, 5) is 0. The van der Waals surface area contributed by atoms with E-state index in [9.17, 15) is 8.78 Å². The van der Waals surface area contributed by atoms with E-state index in [1.54, 1.807) is 0 Å². The van der Waals surface area contributed by atoms with Crippen LogP contribution in [0.2, 0.25) is 0 Å². The van der Waals surface area contributed by atoms with E-state index in [2.05, 4.69) is 4.74 Å². The highest BCUT2D eigenvalue weighted by molar-refractivity contribution is 4.54. The Kier molecular flexibility index (Phi) is 5.32. The molecule has 0 rings (SSSR count). The molecule has 0 spiro atoms. The zero-order valence-electron chi connectivity index (χ0n) is 6.90. The number of hydrogen-bond donors (Lipinski definition) is 0. The van der Waals surface area contributed by atoms with E-state index in [0.29, 0.717) is 13.2 Å². The predicted molar refractivity (Wildman–Crippen MR) is 37.9 cm³/mol. The Hall–Kier alpha value is -0.220.